The third-order valence-electron chi connectivity index (χ3n) is 8.05. The van der Waals surface area contributed by atoms with Gasteiger partial charge in [-0.15, -0.1) is 0 Å². The summed E-state index contributed by atoms with van der Waals surface area (Å²) in [6.07, 6.45) is -12.5. The van der Waals surface area contributed by atoms with E-state index in [1.165, 1.54) is 30.3 Å². The van der Waals surface area contributed by atoms with Gasteiger partial charge in [0.15, 0.2) is 42.0 Å². The molecule has 1 fully saturated rings. The predicted molar refractivity (Wildman–Crippen MR) is 173 cm³/mol. The van der Waals surface area contributed by atoms with E-state index >= 15 is 0 Å². The molecule has 0 saturated carbocycles. The fourth-order valence-electron chi connectivity index (χ4n) is 5.54. The second-order valence-corrected chi connectivity index (χ2v) is 11.8. The number of hydrogen-bond acceptors (Lipinski definition) is 14. The van der Waals surface area contributed by atoms with Crippen LogP contribution >= 0.6 is 0 Å². The first kappa shape index (κ1) is 36.0. The number of aliphatic hydroxyl groups is 3. The molecule has 7 N–H and O–H groups in total. The van der Waals surface area contributed by atoms with Crippen LogP contribution in [0.2, 0.25) is 0 Å². The van der Waals surface area contributed by atoms with E-state index < -0.39 is 107 Å². The highest BCUT2D eigenvalue weighted by Crippen LogP contribution is 2.40. The van der Waals surface area contributed by atoms with Crippen LogP contribution in [0, 0.1) is 11.6 Å². The van der Waals surface area contributed by atoms with Crippen molar-refractivity contribution in [2.45, 2.75) is 50.0 Å². The van der Waals surface area contributed by atoms with Crippen molar-refractivity contribution in [1.29, 1.82) is 0 Å². The Hall–Kier alpha value is -5.78. The molecule has 272 valence electrons. The topological polar surface area (TPSA) is 226 Å². The Labute approximate surface area is 291 Å². The Morgan fingerprint density at radius 2 is 1.46 bits per heavy atom. The highest BCUT2D eigenvalue weighted by molar-refractivity contribution is 5.88. The van der Waals surface area contributed by atoms with Gasteiger partial charge in [-0.3, -0.25) is 9.59 Å². The monoisotopic (exact) mass is 724 g/mol. The second-order valence-electron chi connectivity index (χ2n) is 11.8. The number of phenols is 4. The normalized spacial score (nSPS) is 20.8. The Morgan fingerprint density at radius 1 is 0.808 bits per heavy atom. The Balaban J connectivity index is 1.42. The van der Waals surface area contributed by atoms with Gasteiger partial charge < -0.3 is 59.1 Å². The van der Waals surface area contributed by atoms with Crippen LogP contribution in [-0.4, -0.2) is 78.9 Å². The number of esters is 1. The van der Waals surface area contributed by atoms with Crippen molar-refractivity contribution >= 4 is 16.9 Å². The smallest absolute Gasteiger partial charge is 0.310 e. The number of carbonyl (C=O) groups excluding carboxylic acids is 1. The second kappa shape index (κ2) is 14.8. The van der Waals surface area contributed by atoms with E-state index in [0.29, 0.717) is 11.1 Å². The Bertz CT molecular complexity index is 2140. The molecule has 52 heavy (non-hydrogen) atoms. The first-order valence-corrected chi connectivity index (χ1v) is 15.5. The summed E-state index contributed by atoms with van der Waals surface area (Å²) in [6.45, 7) is 0. The molecule has 0 amide bonds. The number of phenolic OH excluding ortho intramolecular Hbond substituents is 4. The zero-order chi connectivity index (χ0) is 37.3. The minimum atomic E-state index is -2.17. The van der Waals surface area contributed by atoms with E-state index in [9.17, 15) is 54.1 Å². The van der Waals surface area contributed by atoms with Gasteiger partial charge in [-0.2, -0.15) is 0 Å². The first-order chi connectivity index (χ1) is 24.8. The van der Waals surface area contributed by atoms with Gasteiger partial charge >= 0.3 is 5.97 Å². The summed E-state index contributed by atoms with van der Waals surface area (Å²) >= 11 is 0. The molecule has 0 bridgehead atoms. The molecule has 1 aromatic heterocycles. The van der Waals surface area contributed by atoms with Crippen LogP contribution in [0.1, 0.15) is 11.1 Å². The Kier molecular flexibility index (Phi) is 10.3. The average molecular weight is 725 g/mol. The number of aromatic hydroxyl groups is 4. The zero-order valence-electron chi connectivity index (χ0n) is 26.6. The molecular formula is C36H30F2O14. The van der Waals surface area contributed by atoms with E-state index in [1.807, 2.05) is 0 Å². The third kappa shape index (κ3) is 7.75. The van der Waals surface area contributed by atoms with Crippen LogP contribution in [0.25, 0.3) is 22.3 Å². The number of ether oxygens (including phenoxy) is 4. The number of fused-ring (bicyclic) bond motifs is 1. The molecule has 0 radical (unpaired) electrons. The molecule has 1 aliphatic heterocycles. The van der Waals surface area contributed by atoms with Crippen LogP contribution < -0.4 is 10.2 Å². The summed E-state index contributed by atoms with van der Waals surface area (Å²) < 4.78 is 55.5. The van der Waals surface area contributed by atoms with Gasteiger partial charge in [-0.25, -0.2) is 8.78 Å². The number of aliphatic hydroxyl groups excluding tert-OH is 3. The number of benzene rings is 4. The van der Waals surface area contributed by atoms with Gasteiger partial charge in [0, 0.05) is 24.1 Å². The summed E-state index contributed by atoms with van der Waals surface area (Å²) in [5, 5.41) is 72.9. The van der Waals surface area contributed by atoms with E-state index in [-0.39, 0.29) is 17.6 Å². The van der Waals surface area contributed by atoms with E-state index in [0.717, 1.165) is 48.5 Å². The van der Waals surface area contributed by atoms with Crippen LogP contribution in [0.4, 0.5) is 8.78 Å². The molecule has 0 spiro atoms. The van der Waals surface area contributed by atoms with Crippen LogP contribution in [0.3, 0.4) is 0 Å². The summed E-state index contributed by atoms with van der Waals surface area (Å²) in [7, 11) is 0. The van der Waals surface area contributed by atoms with Gasteiger partial charge in [0.1, 0.15) is 40.2 Å². The summed E-state index contributed by atoms with van der Waals surface area (Å²) in [5.41, 5.74) is -0.804. The highest BCUT2D eigenvalue weighted by atomic mass is 19.1. The van der Waals surface area contributed by atoms with Crippen LogP contribution in [0.5, 0.6) is 28.7 Å². The molecule has 1 unspecified atom stereocenters. The molecular weight excluding hydrogens is 694 g/mol. The van der Waals surface area contributed by atoms with Crippen molar-refractivity contribution in [3.05, 3.63) is 112 Å². The molecule has 1 saturated heterocycles. The summed E-state index contributed by atoms with van der Waals surface area (Å²) in [5.74, 6) is -5.72. The lowest BCUT2D eigenvalue weighted by molar-refractivity contribution is -0.345. The molecule has 4 aromatic carbocycles. The molecule has 2 heterocycles. The molecule has 14 nitrogen and oxygen atoms in total. The van der Waals surface area contributed by atoms with Crippen molar-refractivity contribution in [3.8, 4) is 40.1 Å². The maximum atomic E-state index is 14.0. The van der Waals surface area contributed by atoms with Gasteiger partial charge in [-0.05, 0) is 53.6 Å². The lowest BCUT2D eigenvalue weighted by Crippen LogP contribution is -2.62. The summed E-state index contributed by atoms with van der Waals surface area (Å²) in [6, 6.07) is 15.0. The van der Waals surface area contributed by atoms with Gasteiger partial charge in [-0.1, -0.05) is 24.3 Å². The summed E-state index contributed by atoms with van der Waals surface area (Å²) in [4.78, 5) is 27.1. The number of hydrogen-bond donors (Lipinski definition) is 7. The molecule has 5 aromatic rings. The average Bonchev–Trinajstić information content (AvgIpc) is 3.09. The van der Waals surface area contributed by atoms with E-state index in [4.69, 9.17) is 23.4 Å². The minimum absolute atomic E-state index is 0.0837. The van der Waals surface area contributed by atoms with Crippen molar-refractivity contribution in [1.82, 2.24) is 0 Å². The van der Waals surface area contributed by atoms with Crippen molar-refractivity contribution in [2.75, 3.05) is 0 Å². The van der Waals surface area contributed by atoms with E-state index in [2.05, 4.69) is 0 Å². The highest BCUT2D eigenvalue weighted by Gasteiger charge is 2.50. The lowest BCUT2D eigenvalue weighted by atomic mass is 10.0. The number of rotatable bonds is 10. The van der Waals surface area contributed by atoms with Gasteiger partial charge in [0.05, 0.1) is 6.42 Å². The van der Waals surface area contributed by atoms with E-state index in [1.54, 1.807) is 0 Å². The fourth-order valence-corrected chi connectivity index (χ4v) is 5.54. The molecule has 1 aliphatic rings. The van der Waals surface area contributed by atoms with Crippen LogP contribution in [-0.2, 0) is 31.8 Å². The van der Waals surface area contributed by atoms with Crippen LogP contribution in [0.15, 0.2) is 88.1 Å². The molecule has 6 atom stereocenters. The van der Waals surface area contributed by atoms with Gasteiger partial charge in [0.25, 0.3) is 0 Å². The minimum Gasteiger partial charge on any atom is -0.508 e. The molecule has 6 rings (SSSR count). The standard InChI is InChI=1S/C36H30F2O14/c37-19-6-1-16(2-7-19)11-26(43)49-33-30(46)35(47)52-36(34(33)50-27(44)12-17-3-8-20(38)9-4-17)51-32-29(45)28-24(42)14-21(39)15-25(28)48-31(32)18-5-10-22(40)23(41)13-18/h1-10,13-15,27,30,33-36,39-42,44,46-47H,11-12H2/t27?,30-,33-,34+,35-,36+/m0/s1. The molecule has 0 aliphatic carbocycles. The lowest BCUT2D eigenvalue weighted by Gasteiger charge is -2.42. The first-order valence-electron chi connectivity index (χ1n) is 15.5. The maximum Gasteiger partial charge on any atom is 0.310 e. The maximum absolute atomic E-state index is 14.0. The number of halogens is 2. The SMILES string of the molecule is O=C(Cc1ccc(F)cc1)O[C@H]1[C@H](O)[C@@H](O)O[C@@H](Oc2c(-c3ccc(O)c(O)c3)oc3cc(O)cc(O)c3c2=O)[C@@H]1OC(O)Cc1ccc(F)cc1. The largest absolute Gasteiger partial charge is 0.508 e. The predicted octanol–water partition coefficient (Wildman–Crippen LogP) is 3.08. The zero-order valence-corrected chi connectivity index (χ0v) is 26.6. The fraction of sp³-hybridized carbons (Fsp3) is 0.222. The molecule has 16 heteroatoms. The number of carbonyl (C=O) groups is 1. The van der Waals surface area contributed by atoms with Crippen molar-refractivity contribution in [2.24, 2.45) is 0 Å². The van der Waals surface area contributed by atoms with Gasteiger partial charge in [0.2, 0.25) is 17.5 Å². The van der Waals surface area contributed by atoms with Crippen molar-refractivity contribution in [3.63, 3.8) is 0 Å². The third-order valence-corrected chi connectivity index (χ3v) is 8.05. The van der Waals surface area contributed by atoms with Crippen molar-refractivity contribution < 1.29 is 72.7 Å². The quantitative estimate of drug-likeness (QED) is 0.0625. The Morgan fingerprint density at radius 3 is 2.12 bits per heavy atom.